The van der Waals surface area contributed by atoms with Crippen LogP contribution >= 0.6 is 11.6 Å². The number of hydrogen-bond donors (Lipinski definition) is 1. The maximum absolute atomic E-state index is 12.2. The van der Waals surface area contributed by atoms with E-state index in [0.717, 1.165) is 18.4 Å². The van der Waals surface area contributed by atoms with Crippen LogP contribution in [0.2, 0.25) is 5.02 Å². The van der Waals surface area contributed by atoms with Gasteiger partial charge in [0.05, 0.1) is 19.3 Å². The zero-order chi connectivity index (χ0) is 16.7. The number of nitrogens with zero attached hydrogens (tertiary/aromatic N) is 1. The Morgan fingerprint density at radius 1 is 1.36 bits per heavy atom. The predicted octanol–water partition coefficient (Wildman–Crippen LogP) is 3.24. The van der Waals surface area contributed by atoms with E-state index < -0.39 is 0 Å². The highest BCUT2D eigenvalue weighted by Crippen LogP contribution is 2.30. The third kappa shape index (κ3) is 5.22. The van der Waals surface area contributed by atoms with Gasteiger partial charge >= 0.3 is 0 Å². The van der Waals surface area contributed by atoms with Gasteiger partial charge in [0.1, 0.15) is 5.75 Å². The Hall–Kier alpha value is -1.75. The van der Waals surface area contributed by atoms with Crippen LogP contribution in [0.4, 0.5) is 5.69 Å². The van der Waals surface area contributed by atoms with Crippen molar-refractivity contribution >= 4 is 29.1 Å². The minimum atomic E-state index is -0.258. The van der Waals surface area contributed by atoms with Gasteiger partial charge in [-0.3, -0.25) is 9.59 Å². The molecule has 22 heavy (non-hydrogen) atoms. The van der Waals surface area contributed by atoms with Crippen molar-refractivity contribution < 1.29 is 14.3 Å². The van der Waals surface area contributed by atoms with E-state index in [1.165, 1.54) is 18.9 Å². The summed E-state index contributed by atoms with van der Waals surface area (Å²) in [6, 6.07) is 3.41. The molecule has 0 aromatic heterocycles. The molecule has 0 atom stereocenters. The average molecular weight is 327 g/mol. The van der Waals surface area contributed by atoms with Crippen molar-refractivity contribution in [3.05, 3.63) is 22.7 Å². The van der Waals surface area contributed by atoms with Crippen molar-refractivity contribution in [2.24, 2.45) is 0 Å². The Bertz CT molecular complexity index is 546. The molecule has 0 unspecified atom stereocenters. The second-order valence-electron chi connectivity index (χ2n) is 5.14. The summed E-state index contributed by atoms with van der Waals surface area (Å²) >= 11 is 6.04. The lowest BCUT2D eigenvalue weighted by Crippen LogP contribution is -2.37. The maximum Gasteiger partial charge on any atom is 0.244 e. The van der Waals surface area contributed by atoms with Crippen LogP contribution in [0.25, 0.3) is 0 Å². The molecule has 0 radical (unpaired) electrons. The Balaban J connectivity index is 2.79. The summed E-state index contributed by atoms with van der Waals surface area (Å²) in [4.78, 5) is 25.3. The highest BCUT2D eigenvalue weighted by molar-refractivity contribution is 6.31. The zero-order valence-corrected chi connectivity index (χ0v) is 14.3. The molecule has 0 bridgehead atoms. The van der Waals surface area contributed by atoms with Crippen LogP contribution in [-0.2, 0) is 9.59 Å². The van der Waals surface area contributed by atoms with Gasteiger partial charge in [-0.2, -0.15) is 0 Å². The highest BCUT2D eigenvalue weighted by Gasteiger charge is 2.15. The number of benzene rings is 1. The van der Waals surface area contributed by atoms with E-state index in [-0.39, 0.29) is 18.4 Å². The van der Waals surface area contributed by atoms with E-state index in [1.807, 2.05) is 13.8 Å². The van der Waals surface area contributed by atoms with Crippen molar-refractivity contribution in [2.45, 2.75) is 33.6 Å². The van der Waals surface area contributed by atoms with Gasteiger partial charge in [-0.15, -0.1) is 0 Å². The van der Waals surface area contributed by atoms with Crippen LogP contribution in [0, 0.1) is 6.92 Å². The Kier molecular flexibility index (Phi) is 7.18. The number of anilines is 1. The summed E-state index contributed by atoms with van der Waals surface area (Å²) in [5.74, 6) is 0.126. The van der Waals surface area contributed by atoms with Gasteiger partial charge in [-0.1, -0.05) is 24.9 Å². The molecule has 0 aliphatic carbocycles. The molecular weight excluding hydrogens is 304 g/mol. The van der Waals surface area contributed by atoms with E-state index >= 15 is 0 Å². The van der Waals surface area contributed by atoms with Crippen LogP contribution in [0.15, 0.2) is 12.1 Å². The lowest BCUT2D eigenvalue weighted by Gasteiger charge is -2.20. The van der Waals surface area contributed by atoms with E-state index in [2.05, 4.69) is 5.32 Å². The number of amides is 2. The Labute approximate surface area is 136 Å². The Morgan fingerprint density at radius 2 is 2.05 bits per heavy atom. The predicted molar refractivity (Wildman–Crippen MR) is 88.5 cm³/mol. The average Bonchev–Trinajstić information content (AvgIpc) is 2.46. The summed E-state index contributed by atoms with van der Waals surface area (Å²) in [6.07, 6.45) is 1.84. The monoisotopic (exact) mass is 326 g/mol. The number of hydrogen-bond acceptors (Lipinski definition) is 3. The van der Waals surface area contributed by atoms with Crippen molar-refractivity contribution in [1.29, 1.82) is 0 Å². The maximum atomic E-state index is 12.2. The summed E-state index contributed by atoms with van der Waals surface area (Å²) in [5, 5.41) is 3.35. The van der Waals surface area contributed by atoms with E-state index in [4.69, 9.17) is 16.3 Å². The normalized spacial score (nSPS) is 10.2. The SMILES string of the molecule is CCCCN(CC(=O)Nc1cc(C)c(Cl)cc1OC)C(C)=O. The highest BCUT2D eigenvalue weighted by atomic mass is 35.5. The molecule has 0 saturated carbocycles. The molecule has 0 aliphatic rings. The standard InChI is InChI=1S/C16H23ClN2O3/c1-5-6-7-19(12(3)20)10-16(21)18-14-8-11(2)13(17)9-15(14)22-4/h8-9H,5-7,10H2,1-4H3,(H,18,21). The van der Waals surface area contributed by atoms with Crippen LogP contribution in [0.1, 0.15) is 32.3 Å². The first-order chi connectivity index (χ1) is 10.4. The number of methoxy groups -OCH3 is 1. The van der Waals surface area contributed by atoms with Crippen LogP contribution in [-0.4, -0.2) is 36.9 Å². The zero-order valence-electron chi connectivity index (χ0n) is 13.5. The van der Waals surface area contributed by atoms with E-state index in [1.54, 1.807) is 12.1 Å². The van der Waals surface area contributed by atoms with Crippen molar-refractivity contribution in [3.8, 4) is 5.75 Å². The number of nitrogens with one attached hydrogen (secondary N) is 1. The molecule has 0 saturated heterocycles. The fraction of sp³-hybridized carbons (Fsp3) is 0.500. The van der Waals surface area contributed by atoms with Gasteiger partial charge in [0.2, 0.25) is 11.8 Å². The molecule has 0 fully saturated rings. The molecular formula is C16H23ClN2O3. The van der Waals surface area contributed by atoms with E-state index in [0.29, 0.717) is 23.0 Å². The molecule has 1 rings (SSSR count). The number of aryl methyl sites for hydroxylation is 1. The first kappa shape index (κ1) is 18.3. The summed E-state index contributed by atoms with van der Waals surface area (Å²) < 4.78 is 5.22. The number of carbonyl (C=O) groups is 2. The van der Waals surface area contributed by atoms with Gasteiger partial charge in [-0.25, -0.2) is 0 Å². The second-order valence-corrected chi connectivity index (χ2v) is 5.55. The number of unbranched alkanes of at least 4 members (excludes halogenated alkanes) is 1. The Morgan fingerprint density at radius 3 is 2.59 bits per heavy atom. The molecule has 6 heteroatoms. The molecule has 122 valence electrons. The lowest BCUT2D eigenvalue weighted by molar-refractivity contribution is -0.132. The minimum absolute atomic E-state index is 0.0279. The van der Waals surface area contributed by atoms with Gasteiger partial charge in [0.25, 0.3) is 0 Å². The first-order valence-electron chi connectivity index (χ1n) is 7.28. The van der Waals surface area contributed by atoms with Gasteiger partial charge in [0, 0.05) is 24.6 Å². The number of rotatable bonds is 7. The fourth-order valence-corrected chi connectivity index (χ4v) is 2.14. The van der Waals surface area contributed by atoms with Crippen molar-refractivity contribution in [2.75, 3.05) is 25.5 Å². The molecule has 1 N–H and O–H groups in total. The minimum Gasteiger partial charge on any atom is -0.495 e. The third-order valence-corrected chi connectivity index (χ3v) is 3.72. The lowest BCUT2D eigenvalue weighted by atomic mass is 10.2. The van der Waals surface area contributed by atoms with Crippen LogP contribution in [0.5, 0.6) is 5.75 Å². The number of ether oxygens (including phenoxy) is 1. The van der Waals surface area contributed by atoms with E-state index in [9.17, 15) is 9.59 Å². The van der Waals surface area contributed by atoms with Crippen LogP contribution < -0.4 is 10.1 Å². The molecule has 0 spiro atoms. The molecule has 0 heterocycles. The number of carbonyl (C=O) groups excluding carboxylic acids is 2. The summed E-state index contributed by atoms with van der Waals surface area (Å²) in [7, 11) is 1.51. The molecule has 1 aromatic rings. The fourth-order valence-electron chi connectivity index (χ4n) is 1.99. The third-order valence-electron chi connectivity index (χ3n) is 3.32. The number of halogens is 1. The van der Waals surface area contributed by atoms with Crippen molar-refractivity contribution in [1.82, 2.24) is 4.90 Å². The van der Waals surface area contributed by atoms with Gasteiger partial charge in [0.15, 0.2) is 0 Å². The second kappa shape index (κ2) is 8.63. The summed E-state index contributed by atoms with van der Waals surface area (Å²) in [6.45, 7) is 5.96. The van der Waals surface area contributed by atoms with Crippen molar-refractivity contribution in [3.63, 3.8) is 0 Å². The van der Waals surface area contributed by atoms with Gasteiger partial charge in [-0.05, 0) is 25.0 Å². The largest absolute Gasteiger partial charge is 0.495 e. The molecule has 0 aliphatic heterocycles. The van der Waals surface area contributed by atoms with Crippen LogP contribution in [0.3, 0.4) is 0 Å². The molecule has 2 amide bonds. The molecule has 1 aromatic carbocycles. The smallest absolute Gasteiger partial charge is 0.244 e. The molecule has 5 nitrogen and oxygen atoms in total. The first-order valence-corrected chi connectivity index (χ1v) is 7.66. The summed E-state index contributed by atoms with van der Waals surface area (Å²) in [5.41, 5.74) is 1.39. The van der Waals surface area contributed by atoms with Gasteiger partial charge < -0.3 is 15.0 Å². The quantitative estimate of drug-likeness (QED) is 0.836. The topological polar surface area (TPSA) is 58.6 Å².